The molecular weight excluding hydrogens is 340 g/mol. The number of aromatic hydroxyl groups is 2. The second kappa shape index (κ2) is 5.99. The average molecular weight is 353 g/mol. The lowest BCUT2D eigenvalue weighted by Gasteiger charge is -2.09. The average Bonchev–Trinajstić information content (AvgIpc) is 2.98. The standard InChI is InChI=1S/C18H13ClN4O2/c19-12-2-4-13(5-3-12)21-18-17(11-1-6-14(24)15(25)9-11)22-16-10-20-7-8-23(16)18/h1-10,21,24-25H. The van der Waals surface area contributed by atoms with Crippen LogP contribution in [0, 0.1) is 0 Å². The van der Waals surface area contributed by atoms with Crippen LogP contribution in [0.25, 0.3) is 16.9 Å². The fourth-order valence-corrected chi connectivity index (χ4v) is 2.69. The van der Waals surface area contributed by atoms with Gasteiger partial charge in [-0.05, 0) is 42.5 Å². The lowest BCUT2D eigenvalue weighted by Crippen LogP contribution is -1.97. The van der Waals surface area contributed by atoms with Crippen LogP contribution >= 0.6 is 11.6 Å². The Labute approximate surface area is 148 Å². The number of nitrogens with one attached hydrogen (secondary N) is 1. The minimum Gasteiger partial charge on any atom is -0.504 e. The number of hydrogen-bond donors (Lipinski definition) is 3. The van der Waals surface area contributed by atoms with Crippen molar-refractivity contribution < 1.29 is 10.2 Å². The number of phenols is 2. The number of anilines is 2. The second-order valence-electron chi connectivity index (χ2n) is 5.45. The smallest absolute Gasteiger partial charge is 0.158 e. The summed E-state index contributed by atoms with van der Waals surface area (Å²) >= 11 is 5.94. The van der Waals surface area contributed by atoms with Crippen LogP contribution < -0.4 is 5.32 Å². The zero-order valence-electron chi connectivity index (χ0n) is 12.9. The highest BCUT2D eigenvalue weighted by molar-refractivity contribution is 6.30. The molecule has 0 saturated carbocycles. The lowest BCUT2D eigenvalue weighted by molar-refractivity contribution is 0.404. The molecule has 0 atom stereocenters. The van der Waals surface area contributed by atoms with E-state index < -0.39 is 0 Å². The summed E-state index contributed by atoms with van der Waals surface area (Å²) in [6, 6.07) is 11.9. The maximum atomic E-state index is 9.82. The summed E-state index contributed by atoms with van der Waals surface area (Å²) in [6.45, 7) is 0. The quantitative estimate of drug-likeness (QED) is 0.481. The minimum atomic E-state index is -0.204. The van der Waals surface area contributed by atoms with Crippen LogP contribution in [-0.4, -0.2) is 24.6 Å². The molecule has 124 valence electrons. The Morgan fingerprint density at radius 1 is 1.00 bits per heavy atom. The molecule has 0 unspecified atom stereocenters. The first-order chi connectivity index (χ1) is 12.1. The lowest BCUT2D eigenvalue weighted by atomic mass is 10.1. The van der Waals surface area contributed by atoms with E-state index in [0.717, 1.165) is 5.69 Å². The highest BCUT2D eigenvalue weighted by Crippen LogP contribution is 2.35. The van der Waals surface area contributed by atoms with E-state index in [2.05, 4.69) is 15.3 Å². The first-order valence-electron chi connectivity index (χ1n) is 7.49. The number of benzene rings is 2. The van der Waals surface area contributed by atoms with Gasteiger partial charge < -0.3 is 15.5 Å². The monoisotopic (exact) mass is 352 g/mol. The fourth-order valence-electron chi connectivity index (χ4n) is 2.57. The highest BCUT2D eigenvalue weighted by atomic mass is 35.5. The van der Waals surface area contributed by atoms with Gasteiger partial charge in [0.1, 0.15) is 11.5 Å². The molecule has 4 rings (SSSR count). The van der Waals surface area contributed by atoms with Gasteiger partial charge >= 0.3 is 0 Å². The van der Waals surface area contributed by atoms with E-state index in [-0.39, 0.29) is 11.5 Å². The van der Waals surface area contributed by atoms with Crippen LogP contribution in [0.3, 0.4) is 0 Å². The van der Waals surface area contributed by atoms with Gasteiger partial charge in [0.2, 0.25) is 0 Å². The van der Waals surface area contributed by atoms with Gasteiger partial charge in [-0.3, -0.25) is 9.38 Å². The summed E-state index contributed by atoms with van der Waals surface area (Å²) in [5, 5.41) is 23.3. The fraction of sp³-hybridized carbons (Fsp3) is 0. The summed E-state index contributed by atoms with van der Waals surface area (Å²) in [7, 11) is 0. The van der Waals surface area contributed by atoms with Crippen LogP contribution in [-0.2, 0) is 0 Å². The molecule has 0 fully saturated rings. The molecule has 2 aromatic carbocycles. The number of halogens is 1. The van der Waals surface area contributed by atoms with Crippen molar-refractivity contribution in [2.75, 3.05) is 5.32 Å². The van der Waals surface area contributed by atoms with Crippen LogP contribution in [0.4, 0.5) is 11.5 Å². The SMILES string of the molecule is Oc1ccc(-c2nc3cnccn3c2Nc2ccc(Cl)cc2)cc1O. The second-order valence-corrected chi connectivity index (χ2v) is 5.89. The third-order valence-corrected chi connectivity index (χ3v) is 4.04. The van der Waals surface area contributed by atoms with Crippen molar-refractivity contribution in [3.63, 3.8) is 0 Å². The number of nitrogens with zero attached hydrogens (tertiary/aromatic N) is 3. The van der Waals surface area contributed by atoms with E-state index in [4.69, 9.17) is 11.6 Å². The Morgan fingerprint density at radius 2 is 1.80 bits per heavy atom. The predicted molar refractivity (Wildman–Crippen MR) is 96.5 cm³/mol. The Kier molecular flexibility index (Phi) is 3.66. The van der Waals surface area contributed by atoms with E-state index in [9.17, 15) is 10.2 Å². The Bertz CT molecular complexity index is 1060. The summed E-state index contributed by atoms with van der Waals surface area (Å²) in [4.78, 5) is 8.68. The van der Waals surface area contributed by atoms with Gasteiger partial charge in [-0.25, -0.2) is 4.98 Å². The molecule has 6 nitrogen and oxygen atoms in total. The summed E-state index contributed by atoms with van der Waals surface area (Å²) in [5.41, 5.74) is 2.78. The molecule has 0 aliphatic carbocycles. The summed E-state index contributed by atoms with van der Waals surface area (Å²) in [6.07, 6.45) is 5.11. The third-order valence-electron chi connectivity index (χ3n) is 3.79. The molecular formula is C18H13ClN4O2. The summed E-state index contributed by atoms with van der Waals surface area (Å²) < 4.78 is 1.86. The predicted octanol–water partition coefficient (Wildman–Crippen LogP) is 4.20. The molecule has 0 amide bonds. The summed E-state index contributed by atoms with van der Waals surface area (Å²) in [5.74, 6) is 0.330. The van der Waals surface area contributed by atoms with E-state index in [0.29, 0.717) is 27.7 Å². The van der Waals surface area contributed by atoms with Crippen LogP contribution in [0.2, 0.25) is 5.02 Å². The van der Waals surface area contributed by atoms with Crippen LogP contribution in [0.1, 0.15) is 0 Å². The molecule has 4 aromatic rings. The molecule has 2 heterocycles. The van der Waals surface area contributed by atoms with Crippen molar-refractivity contribution in [3.05, 3.63) is 66.1 Å². The topological polar surface area (TPSA) is 82.7 Å². The number of aromatic nitrogens is 3. The van der Waals surface area contributed by atoms with E-state index in [1.54, 1.807) is 36.8 Å². The van der Waals surface area contributed by atoms with Crippen molar-refractivity contribution in [1.29, 1.82) is 0 Å². The number of rotatable bonds is 3. The maximum absolute atomic E-state index is 9.82. The molecule has 7 heteroatoms. The van der Waals surface area contributed by atoms with Crippen molar-refractivity contribution in [2.24, 2.45) is 0 Å². The van der Waals surface area contributed by atoms with E-state index in [1.807, 2.05) is 16.5 Å². The van der Waals surface area contributed by atoms with Crippen molar-refractivity contribution >= 4 is 28.8 Å². The third kappa shape index (κ3) is 2.83. The first kappa shape index (κ1) is 15.3. The highest BCUT2D eigenvalue weighted by Gasteiger charge is 2.16. The van der Waals surface area contributed by atoms with E-state index >= 15 is 0 Å². The van der Waals surface area contributed by atoms with Gasteiger partial charge in [0, 0.05) is 28.7 Å². The normalized spacial score (nSPS) is 10.9. The molecule has 25 heavy (non-hydrogen) atoms. The van der Waals surface area contributed by atoms with Gasteiger partial charge in [0.05, 0.1) is 6.20 Å². The molecule has 0 aliphatic rings. The molecule has 2 aromatic heterocycles. The zero-order valence-corrected chi connectivity index (χ0v) is 13.6. The molecule has 0 aliphatic heterocycles. The largest absolute Gasteiger partial charge is 0.504 e. The number of phenolic OH excluding ortho intramolecular Hbond substituents is 2. The van der Waals surface area contributed by atoms with Gasteiger partial charge in [-0.15, -0.1) is 0 Å². The van der Waals surface area contributed by atoms with Crippen LogP contribution in [0.5, 0.6) is 11.5 Å². The van der Waals surface area contributed by atoms with Gasteiger partial charge in [-0.1, -0.05) is 11.6 Å². The number of fused-ring (bicyclic) bond motifs is 1. The Hall–Kier alpha value is -3.25. The first-order valence-corrected chi connectivity index (χ1v) is 7.86. The Morgan fingerprint density at radius 3 is 2.56 bits per heavy atom. The molecule has 0 bridgehead atoms. The zero-order chi connectivity index (χ0) is 17.4. The van der Waals surface area contributed by atoms with Gasteiger partial charge in [-0.2, -0.15) is 0 Å². The van der Waals surface area contributed by atoms with Gasteiger partial charge in [0.15, 0.2) is 17.1 Å². The number of imidazole rings is 1. The number of hydrogen-bond acceptors (Lipinski definition) is 5. The van der Waals surface area contributed by atoms with Crippen LogP contribution in [0.15, 0.2) is 61.1 Å². The minimum absolute atomic E-state index is 0.179. The van der Waals surface area contributed by atoms with Gasteiger partial charge in [0.25, 0.3) is 0 Å². The maximum Gasteiger partial charge on any atom is 0.158 e. The molecule has 3 N–H and O–H groups in total. The molecule has 0 saturated heterocycles. The molecule has 0 spiro atoms. The van der Waals surface area contributed by atoms with Crippen molar-refractivity contribution in [3.8, 4) is 22.8 Å². The van der Waals surface area contributed by atoms with Crippen molar-refractivity contribution in [2.45, 2.75) is 0 Å². The van der Waals surface area contributed by atoms with Crippen molar-refractivity contribution in [1.82, 2.24) is 14.4 Å². The molecule has 0 radical (unpaired) electrons. The van der Waals surface area contributed by atoms with E-state index in [1.165, 1.54) is 12.1 Å². The Balaban J connectivity index is 1.88.